The van der Waals surface area contributed by atoms with E-state index in [1.54, 1.807) is 12.3 Å². The Balaban J connectivity index is 0.00000323. The number of aliphatic carboxylic acids is 1. The molecule has 40 heavy (non-hydrogen) atoms. The molecule has 194 valence electrons. The minimum atomic E-state index is -1.01. The second-order valence-corrected chi connectivity index (χ2v) is 9.77. The summed E-state index contributed by atoms with van der Waals surface area (Å²) in [4.78, 5) is 28.7. The minimum absolute atomic E-state index is 0. The number of carboxylic acids is 1. The Morgan fingerprint density at radius 2 is 1.52 bits per heavy atom. The van der Waals surface area contributed by atoms with Gasteiger partial charge in [-0.15, -0.1) is 0 Å². The molecule has 1 N–H and O–H groups in total. The predicted molar refractivity (Wildman–Crippen MR) is 146 cm³/mol. The number of furan rings is 1. The number of nitrogens with one attached hydrogen (secondary N) is 1. The van der Waals surface area contributed by atoms with Crippen molar-refractivity contribution in [2.45, 2.75) is 31.3 Å². The second-order valence-electron chi connectivity index (χ2n) is 9.77. The molecule has 0 bridgehead atoms. The largest absolute Gasteiger partial charge is 1.00 e. The molecule has 6 rings (SSSR count). The Morgan fingerprint density at radius 3 is 2.15 bits per heavy atom. The molecule has 1 aliphatic rings. The van der Waals surface area contributed by atoms with Crippen LogP contribution in [0.25, 0.3) is 33.6 Å². The number of hydrogen-bond donors (Lipinski definition) is 1. The first-order chi connectivity index (χ1) is 18.9. The summed E-state index contributed by atoms with van der Waals surface area (Å²) in [6, 6.07) is 28.4. The fourth-order valence-corrected chi connectivity index (χ4v) is 4.88. The number of nitrogens with zero attached hydrogens (tertiary/aromatic N) is 1. The number of benzene rings is 3. The summed E-state index contributed by atoms with van der Waals surface area (Å²) in [5.74, 6) is -0.540. The van der Waals surface area contributed by atoms with Crippen LogP contribution >= 0.6 is 0 Å². The van der Waals surface area contributed by atoms with Gasteiger partial charge in [-0.2, -0.15) is 0 Å². The summed E-state index contributed by atoms with van der Waals surface area (Å²) in [6.45, 7) is 1.82. The van der Waals surface area contributed by atoms with E-state index in [0.717, 1.165) is 27.8 Å². The molecule has 7 nitrogen and oxygen atoms in total. The third kappa shape index (κ3) is 5.28. The van der Waals surface area contributed by atoms with Crippen LogP contribution in [0.1, 0.15) is 37.0 Å². The van der Waals surface area contributed by atoms with Crippen molar-refractivity contribution in [1.29, 1.82) is 0 Å². The summed E-state index contributed by atoms with van der Waals surface area (Å²) in [5, 5.41) is 15.1. The van der Waals surface area contributed by atoms with Gasteiger partial charge >= 0.3 is 35.7 Å². The van der Waals surface area contributed by atoms with Crippen LogP contribution in [0.5, 0.6) is 0 Å². The third-order valence-corrected chi connectivity index (χ3v) is 7.30. The zero-order valence-electron chi connectivity index (χ0n) is 22.2. The first kappa shape index (κ1) is 27.6. The summed E-state index contributed by atoms with van der Waals surface area (Å²) < 4.78 is 11.7. The molecule has 1 saturated carbocycles. The summed E-state index contributed by atoms with van der Waals surface area (Å²) in [6.07, 6.45) is 1.84. The fourth-order valence-electron chi connectivity index (χ4n) is 4.88. The van der Waals surface area contributed by atoms with Gasteiger partial charge < -0.3 is 19.1 Å². The van der Waals surface area contributed by atoms with Crippen LogP contribution < -0.4 is 40.0 Å². The van der Waals surface area contributed by atoms with Crippen LogP contribution in [0.4, 0.5) is 10.5 Å². The van der Waals surface area contributed by atoms with E-state index in [9.17, 15) is 14.7 Å². The standard InChI is InChI=1S/C32H26N2O5.Na/c1-20(21-6-3-2-4-7-21)38-31(37)34-27-26-8-5-19-33-29(26)39-28(27)24-11-9-22(10-12-24)23-13-15-25(16-14-23)32(17-18-32)30(35)36;/h2-16,19-20H,17-18H2,1H3,(H,34,37)(H,35,36);/q;+1/p-1/t20-;/m1./s1. The van der Waals surface area contributed by atoms with Gasteiger partial charge in [0.25, 0.3) is 0 Å². The number of rotatable bonds is 7. The molecule has 0 radical (unpaired) electrons. The number of pyridine rings is 1. The van der Waals surface area contributed by atoms with Gasteiger partial charge in [0.1, 0.15) is 11.8 Å². The number of carbonyl (C=O) groups is 2. The molecule has 1 fully saturated rings. The van der Waals surface area contributed by atoms with Gasteiger partial charge in [0.2, 0.25) is 5.71 Å². The Hall–Kier alpha value is -3.91. The van der Waals surface area contributed by atoms with E-state index < -0.39 is 23.6 Å². The number of amides is 1. The molecule has 5 aromatic rings. The van der Waals surface area contributed by atoms with Gasteiger partial charge in [-0.3, -0.25) is 5.32 Å². The number of carbonyl (C=O) groups excluding carboxylic acids is 2. The molecular formula is C32H25N2NaO5. The number of hydrogen-bond acceptors (Lipinski definition) is 6. The monoisotopic (exact) mass is 540 g/mol. The normalized spacial score (nSPS) is 14.1. The van der Waals surface area contributed by atoms with E-state index in [-0.39, 0.29) is 29.6 Å². The molecule has 2 heterocycles. The van der Waals surface area contributed by atoms with Gasteiger partial charge in [-0.25, -0.2) is 9.78 Å². The van der Waals surface area contributed by atoms with Crippen molar-refractivity contribution in [1.82, 2.24) is 4.98 Å². The number of carboxylic acid groups (broad SMARTS) is 1. The maximum atomic E-state index is 12.9. The van der Waals surface area contributed by atoms with Crippen LogP contribution in [-0.2, 0) is 14.9 Å². The molecule has 1 amide bonds. The van der Waals surface area contributed by atoms with Crippen molar-refractivity contribution < 1.29 is 53.4 Å². The topological polar surface area (TPSA) is 104 Å². The molecule has 0 unspecified atom stereocenters. The molecule has 0 saturated heterocycles. The SMILES string of the molecule is C[C@@H](OC(=O)Nc1c(-c2ccc(-c3ccc(C4(C(=O)[O-])CC4)cc3)cc2)oc2ncccc12)c1ccccc1.[Na+]. The fraction of sp³-hybridized carbons (Fsp3) is 0.156. The Kier molecular flexibility index (Phi) is 7.81. The van der Waals surface area contributed by atoms with Gasteiger partial charge in [-0.1, -0.05) is 78.9 Å². The average molecular weight is 541 g/mol. The van der Waals surface area contributed by atoms with Crippen LogP contribution in [0.15, 0.2) is 102 Å². The van der Waals surface area contributed by atoms with E-state index in [2.05, 4.69) is 10.3 Å². The first-order valence-electron chi connectivity index (χ1n) is 12.8. The second kappa shape index (κ2) is 11.3. The van der Waals surface area contributed by atoms with Crippen molar-refractivity contribution in [2.75, 3.05) is 5.32 Å². The number of anilines is 1. The number of ether oxygens (including phenoxy) is 1. The van der Waals surface area contributed by atoms with Crippen molar-refractivity contribution in [3.63, 3.8) is 0 Å². The van der Waals surface area contributed by atoms with Crippen molar-refractivity contribution in [3.05, 3.63) is 108 Å². The van der Waals surface area contributed by atoms with E-state index in [4.69, 9.17) is 9.15 Å². The molecule has 3 aromatic carbocycles. The number of fused-ring (bicyclic) bond motifs is 1. The van der Waals surface area contributed by atoms with Crippen LogP contribution in [0.3, 0.4) is 0 Å². The summed E-state index contributed by atoms with van der Waals surface area (Å²) in [7, 11) is 0. The van der Waals surface area contributed by atoms with Gasteiger partial charge in [0.05, 0.1) is 11.4 Å². The summed E-state index contributed by atoms with van der Waals surface area (Å²) in [5.41, 5.74) is 4.41. The van der Waals surface area contributed by atoms with Crippen LogP contribution in [-0.4, -0.2) is 17.0 Å². The van der Waals surface area contributed by atoms with E-state index in [0.29, 0.717) is 35.4 Å². The Labute approximate surface area is 253 Å². The quantitative estimate of drug-likeness (QED) is 0.318. The first-order valence-corrected chi connectivity index (χ1v) is 12.8. The molecule has 0 aliphatic heterocycles. The molecule has 2 aromatic heterocycles. The number of aromatic nitrogens is 1. The zero-order chi connectivity index (χ0) is 27.0. The van der Waals surface area contributed by atoms with E-state index >= 15 is 0 Å². The van der Waals surface area contributed by atoms with E-state index in [1.165, 1.54) is 0 Å². The molecular weight excluding hydrogens is 515 g/mol. The third-order valence-electron chi connectivity index (χ3n) is 7.30. The molecule has 1 aliphatic carbocycles. The van der Waals surface area contributed by atoms with Gasteiger partial charge in [0, 0.05) is 17.2 Å². The smallest absolute Gasteiger partial charge is 0.549 e. The van der Waals surface area contributed by atoms with Crippen LogP contribution in [0.2, 0.25) is 0 Å². The zero-order valence-corrected chi connectivity index (χ0v) is 24.2. The molecule has 1 atom stereocenters. The van der Waals surface area contributed by atoms with Gasteiger partial charge in [0.15, 0.2) is 5.76 Å². The van der Waals surface area contributed by atoms with Crippen molar-refractivity contribution in [2.24, 2.45) is 0 Å². The van der Waals surface area contributed by atoms with Crippen LogP contribution in [0, 0.1) is 0 Å². The Bertz CT molecular complexity index is 1660. The predicted octanol–water partition coefficient (Wildman–Crippen LogP) is 3.26. The summed E-state index contributed by atoms with van der Waals surface area (Å²) >= 11 is 0. The van der Waals surface area contributed by atoms with Crippen molar-refractivity contribution in [3.8, 4) is 22.5 Å². The van der Waals surface area contributed by atoms with Gasteiger partial charge in [-0.05, 0) is 54.2 Å². The average Bonchev–Trinajstić information content (AvgIpc) is 3.71. The van der Waals surface area contributed by atoms with E-state index in [1.807, 2.05) is 91.9 Å². The minimum Gasteiger partial charge on any atom is -0.549 e. The molecule has 8 heteroatoms. The molecule has 0 spiro atoms. The van der Waals surface area contributed by atoms with Crippen molar-refractivity contribution >= 4 is 28.8 Å². The Morgan fingerprint density at radius 1 is 0.900 bits per heavy atom. The maximum Gasteiger partial charge on any atom is 1.00 e. The maximum absolute atomic E-state index is 12.9.